The van der Waals surface area contributed by atoms with E-state index in [4.69, 9.17) is 0 Å². The molecule has 0 fully saturated rings. The number of carbonyl (C=O) groups excluding carboxylic acids is 2. The molecule has 0 aromatic heterocycles. The molecular weight excluding hydrogens is 320 g/mol. The summed E-state index contributed by atoms with van der Waals surface area (Å²) in [5, 5.41) is 2.82. The summed E-state index contributed by atoms with van der Waals surface area (Å²) in [5.41, 5.74) is 0.752. The fourth-order valence-corrected chi connectivity index (χ4v) is 2.24. The summed E-state index contributed by atoms with van der Waals surface area (Å²) in [6.45, 7) is 6.77. The van der Waals surface area contributed by atoms with Crippen LogP contribution in [0, 0.1) is 5.92 Å². The lowest BCUT2D eigenvalue weighted by Gasteiger charge is -2.22. The first kappa shape index (κ1) is 16.7. The topological polar surface area (TPSA) is 49.4 Å². The monoisotopic (exact) mass is 340 g/mol. The Labute approximate surface area is 128 Å². The number of anilines is 1. The van der Waals surface area contributed by atoms with Gasteiger partial charge in [0.05, 0.1) is 0 Å². The molecule has 4 nitrogen and oxygen atoms in total. The van der Waals surface area contributed by atoms with Gasteiger partial charge in [0.15, 0.2) is 0 Å². The minimum absolute atomic E-state index is 0.00829. The van der Waals surface area contributed by atoms with E-state index in [9.17, 15) is 9.59 Å². The molecule has 20 heavy (non-hydrogen) atoms. The Morgan fingerprint density at radius 3 is 2.60 bits per heavy atom. The van der Waals surface area contributed by atoms with E-state index in [1.165, 1.54) is 6.92 Å². The fraction of sp³-hybridized carbons (Fsp3) is 0.467. The van der Waals surface area contributed by atoms with E-state index in [0.717, 1.165) is 10.2 Å². The van der Waals surface area contributed by atoms with Crippen LogP contribution in [0.4, 0.5) is 5.69 Å². The largest absolute Gasteiger partial charge is 0.342 e. The maximum Gasteiger partial charge on any atom is 0.226 e. The number of carbonyl (C=O) groups is 2. The summed E-state index contributed by atoms with van der Waals surface area (Å²) in [4.78, 5) is 25.1. The van der Waals surface area contributed by atoms with E-state index in [1.54, 1.807) is 4.90 Å². The van der Waals surface area contributed by atoms with Crippen LogP contribution in [0.2, 0.25) is 0 Å². The molecule has 0 atom stereocenters. The van der Waals surface area contributed by atoms with Crippen molar-refractivity contribution in [2.75, 3.05) is 18.4 Å². The first-order valence-electron chi connectivity index (χ1n) is 6.69. The molecule has 0 radical (unpaired) electrons. The molecular formula is C15H21BrN2O2. The third-order valence-corrected chi connectivity index (χ3v) is 3.24. The van der Waals surface area contributed by atoms with E-state index in [1.807, 2.05) is 24.3 Å². The smallest absolute Gasteiger partial charge is 0.226 e. The number of amides is 2. The molecule has 0 aliphatic carbocycles. The molecule has 110 valence electrons. The Hall–Kier alpha value is -1.36. The van der Waals surface area contributed by atoms with Gasteiger partial charge < -0.3 is 10.2 Å². The highest BCUT2D eigenvalue weighted by molar-refractivity contribution is 9.10. The molecule has 0 aliphatic heterocycles. The number of hydrogen-bond acceptors (Lipinski definition) is 2. The molecule has 0 spiro atoms. The second-order valence-electron chi connectivity index (χ2n) is 5.17. The number of rotatable bonds is 6. The average Bonchev–Trinajstić information content (AvgIpc) is 2.33. The zero-order chi connectivity index (χ0) is 15.1. The molecule has 1 aromatic rings. The van der Waals surface area contributed by atoms with Crippen LogP contribution < -0.4 is 5.32 Å². The summed E-state index contributed by atoms with van der Waals surface area (Å²) >= 11 is 3.36. The predicted molar refractivity (Wildman–Crippen MR) is 84.5 cm³/mol. The molecule has 1 aromatic carbocycles. The summed E-state index contributed by atoms with van der Waals surface area (Å²) in [7, 11) is 0. The SMILES string of the molecule is CC(=O)N(CCC(=O)Nc1cccc(Br)c1)CC(C)C. The third-order valence-electron chi connectivity index (χ3n) is 2.75. The molecule has 1 rings (SSSR count). The molecule has 2 amide bonds. The zero-order valence-corrected chi connectivity index (χ0v) is 13.7. The van der Waals surface area contributed by atoms with Crippen molar-refractivity contribution in [1.29, 1.82) is 0 Å². The first-order valence-corrected chi connectivity index (χ1v) is 7.48. The van der Waals surface area contributed by atoms with Gasteiger partial charge >= 0.3 is 0 Å². The first-order chi connectivity index (χ1) is 9.38. The average molecular weight is 341 g/mol. The van der Waals surface area contributed by atoms with Crippen molar-refractivity contribution in [3.63, 3.8) is 0 Å². The number of halogens is 1. The maximum atomic E-state index is 11.9. The van der Waals surface area contributed by atoms with E-state index < -0.39 is 0 Å². The molecule has 1 N–H and O–H groups in total. The van der Waals surface area contributed by atoms with Crippen molar-refractivity contribution in [3.05, 3.63) is 28.7 Å². The summed E-state index contributed by atoms with van der Waals surface area (Å²) in [6.07, 6.45) is 0.304. The lowest BCUT2D eigenvalue weighted by Crippen LogP contribution is -2.34. The lowest BCUT2D eigenvalue weighted by atomic mass is 10.2. The maximum absolute atomic E-state index is 11.9. The molecule has 0 unspecified atom stereocenters. The normalized spacial score (nSPS) is 10.4. The Morgan fingerprint density at radius 1 is 1.35 bits per heavy atom. The van der Waals surface area contributed by atoms with E-state index in [0.29, 0.717) is 25.4 Å². The number of nitrogens with one attached hydrogen (secondary N) is 1. The lowest BCUT2D eigenvalue weighted by molar-refractivity contribution is -0.129. The van der Waals surface area contributed by atoms with E-state index in [2.05, 4.69) is 35.1 Å². The number of nitrogens with zero attached hydrogens (tertiary/aromatic N) is 1. The minimum atomic E-state index is -0.0851. The van der Waals surface area contributed by atoms with Crippen LogP contribution >= 0.6 is 15.9 Å². The van der Waals surface area contributed by atoms with Crippen molar-refractivity contribution in [2.24, 2.45) is 5.92 Å². The van der Waals surface area contributed by atoms with Crippen molar-refractivity contribution in [1.82, 2.24) is 4.90 Å². The van der Waals surface area contributed by atoms with Gasteiger partial charge in [-0.3, -0.25) is 9.59 Å². The van der Waals surface area contributed by atoms with E-state index in [-0.39, 0.29) is 11.8 Å². The highest BCUT2D eigenvalue weighted by atomic mass is 79.9. The van der Waals surface area contributed by atoms with Gasteiger partial charge in [-0.1, -0.05) is 35.8 Å². The highest BCUT2D eigenvalue weighted by Gasteiger charge is 2.12. The summed E-state index contributed by atoms with van der Waals surface area (Å²) < 4.78 is 0.917. The van der Waals surface area contributed by atoms with Gasteiger partial charge in [-0.15, -0.1) is 0 Å². The van der Waals surface area contributed by atoms with Gasteiger partial charge in [-0.2, -0.15) is 0 Å². The van der Waals surface area contributed by atoms with Crippen LogP contribution in [0.5, 0.6) is 0 Å². The second kappa shape index (κ2) is 8.04. The standard InChI is InChI=1S/C15H21BrN2O2/c1-11(2)10-18(12(3)19)8-7-15(20)17-14-6-4-5-13(16)9-14/h4-6,9,11H,7-8,10H2,1-3H3,(H,17,20). The van der Waals surface area contributed by atoms with Gasteiger partial charge in [-0.05, 0) is 24.1 Å². The summed E-state index contributed by atoms with van der Waals surface area (Å²) in [6, 6.07) is 7.43. The predicted octanol–water partition coefficient (Wildman–Crippen LogP) is 3.28. The molecule has 0 saturated carbocycles. The van der Waals surface area contributed by atoms with Gasteiger partial charge in [0.2, 0.25) is 11.8 Å². The fourth-order valence-electron chi connectivity index (χ4n) is 1.84. The Kier molecular flexibility index (Phi) is 6.71. The van der Waals surface area contributed by atoms with E-state index >= 15 is 0 Å². The molecule has 0 aliphatic rings. The minimum Gasteiger partial charge on any atom is -0.342 e. The zero-order valence-electron chi connectivity index (χ0n) is 12.1. The van der Waals surface area contributed by atoms with Crippen molar-refractivity contribution in [3.8, 4) is 0 Å². The Balaban J connectivity index is 2.47. The summed E-state index contributed by atoms with van der Waals surface area (Å²) in [5.74, 6) is 0.319. The number of hydrogen-bond donors (Lipinski definition) is 1. The van der Waals surface area contributed by atoms with Gasteiger partial charge in [0.25, 0.3) is 0 Å². The van der Waals surface area contributed by atoms with Crippen LogP contribution in [0.1, 0.15) is 27.2 Å². The van der Waals surface area contributed by atoms with Gasteiger partial charge in [-0.25, -0.2) is 0 Å². The number of benzene rings is 1. The van der Waals surface area contributed by atoms with Crippen molar-refractivity contribution in [2.45, 2.75) is 27.2 Å². The van der Waals surface area contributed by atoms with Gasteiger partial charge in [0, 0.05) is 36.6 Å². The van der Waals surface area contributed by atoms with Crippen LogP contribution in [0.25, 0.3) is 0 Å². The Morgan fingerprint density at radius 2 is 2.05 bits per heavy atom. The van der Waals surface area contributed by atoms with Gasteiger partial charge in [0.1, 0.15) is 0 Å². The molecule has 0 bridgehead atoms. The van der Waals surface area contributed by atoms with Crippen molar-refractivity contribution >= 4 is 33.4 Å². The van der Waals surface area contributed by atoms with Crippen LogP contribution in [0.3, 0.4) is 0 Å². The third kappa shape index (κ3) is 6.19. The Bertz CT molecular complexity index is 475. The molecule has 5 heteroatoms. The van der Waals surface area contributed by atoms with Crippen molar-refractivity contribution < 1.29 is 9.59 Å². The molecule has 0 saturated heterocycles. The molecule has 0 heterocycles. The van der Waals surface area contributed by atoms with Crippen LogP contribution in [0.15, 0.2) is 28.7 Å². The second-order valence-corrected chi connectivity index (χ2v) is 6.08. The highest BCUT2D eigenvalue weighted by Crippen LogP contribution is 2.15. The quantitative estimate of drug-likeness (QED) is 0.863. The van der Waals surface area contributed by atoms with Crippen LogP contribution in [-0.4, -0.2) is 29.8 Å². The van der Waals surface area contributed by atoms with Crippen LogP contribution in [-0.2, 0) is 9.59 Å².